The maximum Gasteiger partial charge on any atom is 0.176 e. The molecule has 0 atom stereocenters. The number of methoxy groups -OCH3 is 1. The summed E-state index contributed by atoms with van der Waals surface area (Å²) in [5, 5.41) is 8.35. The molecule has 0 amide bonds. The molecule has 0 unspecified atom stereocenters. The molecule has 0 spiro atoms. The third-order valence-corrected chi connectivity index (χ3v) is 3.14. The van der Waals surface area contributed by atoms with Crippen LogP contribution in [0.2, 0.25) is 5.15 Å². The van der Waals surface area contributed by atoms with Crippen LogP contribution in [0, 0.1) is 12.7 Å². The van der Waals surface area contributed by atoms with Crippen LogP contribution in [0.1, 0.15) is 5.82 Å². The van der Waals surface area contributed by atoms with E-state index in [-0.39, 0.29) is 5.56 Å². The van der Waals surface area contributed by atoms with E-state index in [4.69, 9.17) is 16.3 Å². The number of ether oxygens (including phenoxy) is 1. The van der Waals surface area contributed by atoms with Gasteiger partial charge >= 0.3 is 0 Å². The van der Waals surface area contributed by atoms with Gasteiger partial charge in [0.1, 0.15) is 22.5 Å². The minimum Gasteiger partial charge on any atom is -0.496 e. The van der Waals surface area contributed by atoms with Gasteiger partial charge in [-0.05, 0) is 19.1 Å². The summed E-state index contributed by atoms with van der Waals surface area (Å²) in [7, 11) is 1.48. The lowest BCUT2D eigenvalue weighted by molar-refractivity contribution is 0.413. The fourth-order valence-electron chi connectivity index (χ4n) is 2.11. The Balaban J connectivity index is 2.37. The summed E-state index contributed by atoms with van der Waals surface area (Å²) in [5.74, 6) is 0.844. The average Bonchev–Trinajstić information content (AvgIpc) is 2.81. The Bertz CT molecular complexity index is 802. The Morgan fingerprint density at radius 3 is 2.85 bits per heavy atom. The molecule has 102 valence electrons. The molecule has 0 bridgehead atoms. The molecule has 0 aliphatic carbocycles. The lowest BCUT2D eigenvalue weighted by Gasteiger charge is -2.09. The topological polar surface area (TPSA) is 52.3 Å². The second-order valence-corrected chi connectivity index (χ2v) is 4.55. The Kier molecular flexibility index (Phi) is 3.02. The zero-order valence-corrected chi connectivity index (χ0v) is 11.5. The van der Waals surface area contributed by atoms with Gasteiger partial charge in [0.2, 0.25) is 0 Å². The Morgan fingerprint density at radius 1 is 1.30 bits per heavy atom. The van der Waals surface area contributed by atoms with Crippen molar-refractivity contribution >= 4 is 17.2 Å². The summed E-state index contributed by atoms with van der Waals surface area (Å²) < 4.78 is 21.0. The minimum atomic E-state index is -0.437. The monoisotopic (exact) mass is 292 g/mol. The third-order valence-electron chi connectivity index (χ3n) is 2.95. The van der Waals surface area contributed by atoms with E-state index in [1.165, 1.54) is 13.2 Å². The Labute approximate surface area is 119 Å². The van der Waals surface area contributed by atoms with Gasteiger partial charge in [0, 0.05) is 6.07 Å². The number of rotatable bonds is 2. The van der Waals surface area contributed by atoms with Crippen molar-refractivity contribution in [2.24, 2.45) is 0 Å². The van der Waals surface area contributed by atoms with Crippen LogP contribution in [0.3, 0.4) is 0 Å². The second-order valence-electron chi connectivity index (χ2n) is 4.16. The van der Waals surface area contributed by atoms with E-state index in [0.717, 1.165) is 0 Å². The number of aromatic nitrogens is 4. The van der Waals surface area contributed by atoms with E-state index in [9.17, 15) is 4.39 Å². The van der Waals surface area contributed by atoms with E-state index in [1.807, 2.05) is 0 Å². The van der Waals surface area contributed by atoms with Gasteiger partial charge in [0.05, 0.1) is 12.7 Å². The van der Waals surface area contributed by atoms with Crippen LogP contribution in [0.25, 0.3) is 17.0 Å². The molecule has 3 aromatic rings. The molecule has 0 aliphatic heterocycles. The van der Waals surface area contributed by atoms with Gasteiger partial charge in [-0.3, -0.25) is 4.40 Å². The minimum absolute atomic E-state index is 0.245. The fraction of sp³-hybridized carbons (Fsp3) is 0.154. The number of nitrogens with zero attached hydrogens (tertiary/aromatic N) is 4. The smallest absolute Gasteiger partial charge is 0.176 e. The number of hydrogen-bond donors (Lipinski definition) is 0. The molecular weight excluding hydrogens is 283 g/mol. The van der Waals surface area contributed by atoms with Crippen molar-refractivity contribution in [1.29, 1.82) is 0 Å². The quantitative estimate of drug-likeness (QED) is 0.682. The van der Waals surface area contributed by atoms with Gasteiger partial charge in [0.25, 0.3) is 0 Å². The normalized spacial score (nSPS) is 11.0. The molecule has 0 N–H and O–H groups in total. The van der Waals surface area contributed by atoms with E-state index >= 15 is 0 Å². The summed E-state index contributed by atoms with van der Waals surface area (Å²) in [6.45, 7) is 1.75. The maximum absolute atomic E-state index is 14.1. The highest BCUT2D eigenvalue weighted by Crippen LogP contribution is 2.32. The maximum atomic E-state index is 14.1. The van der Waals surface area contributed by atoms with Crippen molar-refractivity contribution in [3.63, 3.8) is 0 Å². The molecule has 2 heterocycles. The van der Waals surface area contributed by atoms with Gasteiger partial charge in [0.15, 0.2) is 11.5 Å². The van der Waals surface area contributed by atoms with Crippen molar-refractivity contribution in [2.45, 2.75) is 6.92 Å². The highest BCUT2D eigenvalue weighted by molar-refractivity contribution is 6.29. The first-order valence-corrected chi connectivity index (χ1v) is 6.20. The molecule has 0 radical (unpaired) electrons. The molecule has 7 heteroatoms. The van der Waals surface area contributed by atoms with Gasteiger partial charge in [-0.2, -0.15) is 0 Å². The molecule has 20 heavy (non-hydrogen) atoms. The standard InChI is InChI=1S/C13H10ClFN4O/c1-7-16-10(14)6-11-17-18-13(19(7)11)12-8(15)4-3-5-9(12)20-2/h3-6H,1-2H3. The van der Waals surface area contributed by atoms with E-state index < -0.39 is 5.82 Å². The molecule has 0 saturated carbocycles. The van der Waals surface area contributed by atoms with Crippen LogP contribution in [0.5, 0.6) is 5.75 Å². The lowest BCUT2D eigenvalue weighted by atomic mass is 10.1. The molecule has 0 fully saturated rings. The van der Waals surface area contributed by atoms with Crippen molar-refractivity contribution in [2.75, 3.05) is 7.11 Å². The first-order valence-electron chi connectivity index (χ1n) is 5.83. The van der Waals surface area contributed by atoms with Crippen LogP contribution < -0.4 is 4.74 Å². The first-order chi connectivity index (χ1) is 9.61. The molecule has 0 aliphatic rings. The van der Waals surface area contributed by atoms with Crippen molar-refractivity contribution in [1.82, 2.24) is 19.6 Å². The molecule has 0 saturated heterocycles. The van der Waals surface area contributed by atoms with E-state index in [1.54, 1.807) is 29.5 Å². The highest BCUT2D eigenvalue weighted by Gasteiger charge is 2.19. The number of halogens is 2. The molecule has 2 aromatic heterocycles. The van der Waals surface area contributed by atoms with Crippen LogP contribution in [0.4, 0.5) is 4.39 Å². The average molecular weight is 293 g/mol. The summed E-state index contributed by atoms with van der Waals surface area (Å²) >= 11 is 5.88. The molecule has 3 rings (SSSR count). The Morgan fingerprint density at radius 2 is 2.10 bits per heavy atom. The predicted molar refractivity (Wildman–Crippen MR) is 72.5 cm³/mol. The Hall–Kier alpha value is -2.21. The molecule has 1 aromatic carbocycles. The summed E-state index contributed by atoms with van der Waals surface area (Å²) in [6.07, 6.45) is 0. The van der Waals surface area contributed by atoms with Gasteiger partial charge in [-0.15, -0.1) is 10.2 Å². The van der Waals surface area contributed by atoms with E-state index in [2.05, 4.69) is 15.2 Å². The van der Waals surface area contributed by atoms with Crippen LogP contribution in [-0.2, 0) is 0 Å². The van der Waals surface area contributed by atoms with Crippen LogP contribution in [-0.4, -0.2) is 26.7 Å². The van der Waals surface area contributed by atoms with Gasteiger partial charge in [-0.25, -0.2) is 9.37 Å². The lowest BCUT2D eigenvalue weighted by Crippen LogP contribution is -2.00. The summed E-state index contributed by atoms with van der Waals surface area (Å²) in [4.78, 5) is 4.13. The second kappa shape index (κ2) is 4.72. The van der Waals surface area contributed by atoms with Gasteiger partial charge in [-0.1, -0.05) is 17.7 Å². The number of benzene rings is 1. The molecule has 5 nitrogen and oxygen atoms in total. The third kappa shape index (κ3) is 1.89. The summed E-state index contributed by atoms with van der Waals surface area (Å²) in [6, 6.07) is 6.15. The van der Waals surface area contributed by atoms with Crippen molar-refractivity contribution in [3.8, 4) is 17.1 Å². The zero-order valence-electron chi connectivity index (χ0n) is 10.8. The fourth-order valence-corrected chi connectivity index (χ4v) is 2.33. The predicted octanol–water partition coefficient (Wildman–Crippen LogP) is 2.90. The summed E-state index contributed by atoms with van der Waals surface area (Å²) in [5.41, 5.74) is 0.748. The number of hydrogen-bond acceptors (Lipinski definition) is 4. The van der Waals surface area contributed by atoms with Crippen LogP contribution >= 0.6 is 11.6 Å². The first kappa shape index (κ1) is 12.8. The van der Waals surface area contributed by atoms with E-state index in [0.29, 0.717) is 28.2 Å². The van der Waals surface area contributed by atoms with Gasteiger partial charge < -0.3 is 4.74 Å². The number of aryl methyl sites for hydroxylation is 1. The SMILES string of the molecule is COc1cccc(F)c1-c1nnc2cc(Cl)nc(C)n12. The largest absolute Gasteiger partial charge is 0.496 e. The van der Waals surface area contributed by atoms with Crippen molar-refractivity contribution in [3.05, 3.63) is 41.1 Å². The zero-order chi connectivity index (χ0) is 14.3. The number of fused-ring (bicyclic) bond motifs is 1. The highest BCUT2D eigenvalue weighted by atomic mass is 35.5. The van der Waals surface area contributed by atoms with Crippen LogP contribution in [0.15, 0.2) is 24.3 Å². The van der Waals surface area contributed by atoms with Crippen molar-refractivity contribution < 1.29 is 9.13 Å². The molecular formula is C13H10ClFN4O.